The van der Waals surface area contributed by atoms with Gasteiger partial charge in [-0.25, -0.2) is 0 Å². The lowest BCUT2D eigenvalue weighted by Crippen LogP contribution is -2.34. The molecular formula is C17H25NO2. The number of carbonyl (C=O) groups is 1. The van der Waals surface area contributed by atoms with Gasteiger partial charge in [-0.05, 0) is 37.3 Å². The van der Waals surface area contributed by atoms with Crippen LogP contribution in [0.5, 0.6) is 0 Å². The smallest absolute Gasteiger partial charge is 0.244 e. The van der Waals surface area contributed by atoms with E-state index in [0.29, 0.717) is 13.0 Å². The Bertz CT molecular complexity index is 476. The average Bonchev–Trinajstić information content (AvgIpc) is 2.32. The molecule has 20 heavy (non-hydrogen) atoms. The van der Waals surface area contributed by atoms with Crippen molar-refractivity contribution in [2.45, 2.75) is 40.2 Å². The van der Waals surface area contributed by atoms with Crippen LogP contribution >= 0.6 is 0 Å². The lowest BCUT2D eigenvalue weighted by atomic mass is 9.87. The highest BCUT2D eigenvalue weighted by Gasteiger charge is 2.20. The highest BCUT2D eigenvalue weighted by atomic mass is 16.3. The van der Waals surface area contributed by atoms with Crippen LogP contribution in [-0.2, 0) is 4.79 Å². The van der Waals surface area contributed by atoms with Crippen molar-refractivity contribution in [3.05, 3.63) is 41.5 Å². The number of carbonyl (C=O) groups excluding carboxylic acids is 1. The minimum atomic E-state index is -0.357. The number of aliphatic hydroxyl groups is 1. The van der Waals surface area contributed by atoms with E-state index in [0.717, 1.165) is 5.56 Å². The molecule has 0 spiro atoms. The lowest BCUT2D eigenvalue weighted by molar-refractivity contribution is -0.117. The molecule has 110 valence electrons. The summed E-state index contributed by atoms with van der Waals surface area (Å²) in [4.78, 5) is 11.8. The van der Waals surface area contributed by atoms with Gasteiger partial charge >= 0.3 is 0 Å². The normalized spacial score (nSPS) is 13.4. The van der Waals surface area contributed by atoms with Crippen molar-refractivity contribution < 1.29 is 9.90 Å². The van der Waals surface area contributed by atoms with Crippen molar-refractivity contribution in [1.29, 1.82) is 0 Å². The highest BCUT2D eigenvalue weighted by Crippen LogP contribution is 2.20. The zero-order valence-corrected chi connectivity index (χ0v) is 12.8. The van der Waals surface area contributed by atoms with Crippen molar-refractivity contribution >= 4 is 12.0 Å². The molecule has 1 amide bonds. The summed E-state index contributed by atoms with van der Waals surface area (Å²) < 4.78 is 0. The fourth-order valence-corrected chi connectivity index (χ4v) is 2.20. The molecule has 1 atom stereocenters. The van der Waals surface area contributed by atoms with Crippen LogP contribution in [0.2, 0.25) is 0 Å². The van der Waals surface area contributed by atoms with Gasteiger partial charge in [0.25, 0.3) is 0 Å². The molecule has 0 fully saturated rings. The number of aryl methyl sites for hydroxylation is 1. The summed E-state index contributed by atoms with van der Waals surface area (Å²) in [7, 11) is 0. The van der Waals surface area contributed by atoms with Crippen molar-refractivity contribution in [3.63, 3.8) is 0 Å². The summed E-state index contributed by atoms with van der Waals surface area (Å²) in [5.41, 5.74) is 2.08. The zero-order valence-electron chi connectivity index (χ0n) is 12.8. The van der Waals surface area contributed by atoms with E-state index in [1.54, 1.807) is 13.0 Å². The molecule has 0 aliphatic rings. The van der Waals surface area contributed by atoms with E-state index in [1.165, 1.54) is 5.56 Å². The van der Waals surface area contributed by atoms with Gasteiger partial charge in [0.15, 0.2) is 0 Å². The largest absolute Gasteiger partial charge is 0.393 e. The Morgan fingerprint density at radius 3 is 2.75 bits per heavy atom. The first-order valence-corrected chi connectivity index (χ1v) is 6.99. The molecule has 3 heteroatoms. The van der Waals surface area contributed by atoms with E-state index in [-0.39, 0.29) is 17.4 Å². The molecule has 2 N–H and O–H groups in total. The molecule has 0 saturated heterocycles. The Balaban J connectivity index is 2.48. The molecule has 1 unspecified atom stereocenters. The van der Waals surface area contributed by atoms with Crippen LogP contribution in [0.3, 0.4) is 0 Å². The van der Waals surface area contributed by atoms with Gasteiger partial charge in [-0.15, -0.1) is 0 Å². The number of rotatable bonds is 6. The fourth-order valence-electron chi connectivity index (χ4n) is 2.20. The summed E-state index contributed by atoms with van der Waals surface area (Å²) >= 11 is 0. The minimum absolute atomic E-state index is 0.106. The topological polar surface area (TPSA) is 49.3 Å². The van der Waals surface area contributed by atoms with Gasteiger partial charge in [0.05, 0.1) is 6.10 Å². The van der Waals surface area contributed by atoms with Crippen LogP contribution in [0, 0.1) is 12.3 Å². The predicted molar refractivity (Wildman–Crippen MR) is 83.3 cm³/mol. The van der Waals surface area contributed by atoms with Gasteiger partial charge < -0.3 is 10.4 Å². The molecule has 1 aromatic rings. The maximum absolute atomic E-state index is 11.8. The highest BCUT2D eigenvalue weighted by molar-refractivity contribution is 5.91. The number of hydrogen-bond donors (Lipinski definition) is 2. The van der Waals surface area contributed by atoms with Crippen molar-refractivity contribution in [2.75, 3.05) is 6.54 Å². The fraction of sp³-hybridized carbons (Fsp3) is 0.471. The SMILES string of the molecule is Cc1cccc(C=CC(=O)NCC(C)(C)CC(C)O)c1. The molecule has 0 saturated carbocycles. The molecular weight excluding hydrogens is 250 g/mol. The Morgan fingerprint density at radius 2 is 2.15 bits per heavy atom. The summed E-state index contributed by atoms with van der Waals surface area (Å²) in [5, 5.41) is 12.3. The molecule has 3 nitrogen and oxygen atoms in total. The Kier molecular flexibility index (Phi) is 5.96. The van der Waals surface area contributed by atoms with Crippen molar-refractivity contribution in [2.24, 2.45) is 5.41 Å². The summed E-state index contributed by atoms with van der Waals surface area (Å²) in [6.45, 7) is 8.40. The average molecular weight is 275 g/mol. The van der Waals surface area contributed by atoms with E-state index in [1.807, 2.05) is 51.1 Å². The van der Waals surface area contributed by atoms with Crippen LogP contribution in [0.1, 0.15) is 38.3 Å². The van der Waals surface area contributed by atoms with Crippen LogP contribution in [-0.4, -0.2) is 23.7 Å². The second-order valence-corrected chi connectivity index (χ2v) is 6.18. The van der Waals surface area contributed by atoms with E-state index in [9.17, 15) is 9.90 Å². The van der Waals surface area contributed by atoms with E-state index in [2.05, 4.69) is 5.32 Å². The van der Waals surface area contributed by atoms with Gasteiger partial charge in [-0.1, -0.05) is 43.7 Å². The third kappa shape index (κ3) is 6.53. The lowest BCUT2D eigenvalue weighted by Gasteiger charge is -2.26. The Labute approximate surface area is 121 Å². The maximum atomic E-state index is 11.8. The first kappa shape index (κ1) is 16.4. The van der Waals surface area contributed by atoms with Crippen molar-refractivity contribution in [3.8, 4) is 0 Å². The van der Waals surface area contributed by atoms with Gasteiger partial charge in [-0.3, -0.25) is 4.79 Å². The standard InChI is InChI=1S/C17H25NO2/c1-13-6-5-7-15(10-13)8-9-16(20)18-12-17(3,4)11-14(2)19/h5-10,14,19H,11-12H2,1-4H3,(H,18,20). The number of nitrogens with one attached hydrogen (secondary N) is 1. The second kappa shape index (κ2) is 7.25. The Hall–Kier alpha value is -1.61. The Morgan fingerprint density at radius 1 is 1.45 bits per heavy atom. The molecule has 0 aromatic heterocycles. The molecule has 1 aromatic carbocycles. The summed E-state index contributed by atoms with van der Waals surface area (Å²) in [6, 6.07) is 7.99. The molecule has 0 aliphatic heterocycles. The summed E-state index contributed by atoms with van der Waals surface area (Å²) in [6.07, 6.45) is 3.66. The first-order valence-electron chi connectivity index (χ1n) is 6.99. The van der Waals surface area contributed by atoms with E-state index < -0.39 is 0 Å². The van der Waals surface area contributed by atoms with Gasteiger partial charge in [0, 0.05) is 12.6 Å². The third-order valence-corrected chi connectivity index (χ3v) is 3.06. The monoisotopic (exact) mass is 275 g/mol. The first-order chi connectivity index (χ1) is 9.28. The summed E-state index contributed by atoms with van der Waals surface area (Å²) in [5.74, 6) is -0.106. The molecule has 1 rings (SSSR count). The van der Waals surface area contributed by atoms with Crippen LogP contribution in [0.25, 0.3) is 6.08 Å². The van der Waals surface area contributed by atoms with Gasteiger partial charge in [0.1, 0.15) is 0 Å². The third-order valence-electron chi connectivity index (χ3n) is 3.06. The number of amides is 1. The van der Waals surface area contributed by atoms with E-state index in [4.69, 9.17) is 0 Å². The molecule has 0 bridgehead atoms. The van der Waals surface area contributed by atoms with Crippen LogP contribution < -0.4 is 5.32 Å². The number of benzene rings is 1. The molecule has 0 radical (unpaired) electrons. The zero-order chi connectivity index (χ0) is 15.2. The molecule has 0 aliphatic carbocycles. The number of aliphatic hydroxyl groups excluding tert-OH is 1. The van der Waals surface area contributed by atoms with Crippen LogP contribution in [0.4, 0.5) is 0 Å². The molecule has 0 heterocycles. The number of hydrogen-bond acceptors (Lipinski definition) is 2. The van der Waals surface area contributed by atoms with E-state index >= 15 is 0 Å². The maximum Gasteiger partial charge on any atom is 0.244 e. The van der Waals surface area contributed by atoms with Gasteiger partial charge in [0.2, 0.25) is 5.91 Å². The van der Waals surface area contributed by atoms with Crippen molar-refractivity contribution in [1.82, 2.24) is 5.32 Å². The van der Waals surface area contributed by atoms with Crippen LogP contribution in [0.15, 0.2) is 30.3 Å². The minimum Gasteiger partial charge on any atom is -0.393 e. The van der Waals surface area contributed by atoms with Gasteiger partial charge in [-0.2, -0.15) is 0 Å². The quantitative estimate of drug-likeness (QED) is 0.784. The predicted octanol–water partition coefficient (Wildman–Crippen LogP) is 2.92. The second-order valence-electron chi connectivity index (χ2n) is 6.18.